The smallest absolute Gasteiger partial charge is 0.341 e. The number of ether oxygens (including phenoxy) is 1. The topological polar surface area (TPSA) is 92.7 Å². The first-order chi connectivity index (χ1) is 11.4. The molecule has 0 aliphatic heterocycles. The molecule has 2 aromatic carbocycles. The van der Waals surface area contributed by atoms with Crippen LogP contribution in [0, 0.1) is 0 Å². The van der Waals surface area contributed by atoms with Gasteiger partial charge in [-0.3, -0.25) is 0 Å². The molecule has 0 aliphatic rings. The van der Waals surface area contributed by atoms with E-state index in [1.54, 1.807) is 24.3 Å². The maximum atomic E-state index is 12.2. The first kappa shape index (κ1) is 18.3. The molecule has 0 amide bonds. The molecule has 0 aromatic heterocycles. The van der Waals surface area contributed by atoms with E-state index in [1.807, 2.05) is 0 Å². The zero-order chi connectivity index (χ0) is 17.6. The maximum absolute atomic E-state index is 12.2. The molecule has 0 fully saturated rings. The van der Waals surface area contributed by atoms with Crippen LogP contribution in [-0.2, 0) is 21.2 Å². The molecule has 0 aliphatic carbocycles. The third kappa shape index (κ3) is 5.23. The molecule has 6 nitrogen and oxygen atoms in total. The number of hydrogen-bond donors (Lipinski definition) is 2. The number of aliphatic carboxylic acids is 1. The Morgan fingerprint density at radius 2 is 1.79 bits per heavy atom. The average molecular weight is 370 g/mol. The van der Waals surface area contributed by atoms with Crippen LogP contribution in [0.15, 0.2) is 53.4 Å². The number of sulfonamides is 1. The van der Waals surface area contributed by atoms with E-state index in [2.05, 4.69) is 4.72 Å². The number of carboxylic acids is 1. The Morgan fingerprint density at radius 1 is 1.12 bits per heavy atom. The largest absolute Gasteiger partial charge is 0.482 e. The zero-order valence-corrected chi connectivity index (χ0v) is 14.2. The first-order valence-electron chi connectivity index (χ1n) is 7.06. The average Bonchev–Trinajstić information content (AvgIpc) is 2.54. The molecule has 24 heavy (non-hydrogen) atoms. The molecule has 0 unspecified atom stereocenters. The number of para-hydroxylation sites is 1. The SMILES string of the molecule is O=C(O)COc1ccccc1CCNS(=O)(=O)c1ccc(Cl)cc1. The fraction of sp³-hybridized carbons (Fsp3) is 0.188. The first-order valence-corrected chi connectivity index (χ1v) is 8.92. The van der Waals surface area contributed by atoms with E-state index in [0.29, 0.717) is 17.2 Å². The molecular weight excluding hydrogens is 354 g/mol. The number of carboxylic acid groups (broad SMARTS) is 1. The number of hydrogen-bond acceptors (Lipinski definition) is 4. The molecule has 2 N–H and O–H groups in total. The minimum Gasteiger partial charge on any atom is -0.482 e. The minimum absolute atomic E-state index is 0.127. The predicted molar refractivity (Wildman–Crippen MR) is 89.9 cm³/mol. The molecule has 0 spiro atoms. The van der Waals surface area contributed by atoms with E-state index in [-0.39, 0.29) is 11.4 Å². The van der Waals surface area contributed by atoms with Gasteiger partial charge in [0.15, 0.2) is 6.61 Å². The highest BCUT2D eigenvalue weighted by Crippen LogP contribution is 2.19. The molecule has 8 heteroatoms. The fourth-order valence-electron chi connectivity index (χ4n) is 2.01. The van der Waals surface area contributed by atoms with Crippen molar-refractivity contribution >= 4 is 27.6 Å². The van der Waals surface area contributed by atoms with Crippen LogP contribution in [-0.4, -0.2) is 32.6 Å². The van der Waals surface area contributed by atoms with Crippen molar-refractivity contribution < 1.29 is 23.1 Å². The molecule has 0 saturated carbocycles. The lowest BCUT2D eigenvalue weighted by Crippen LogP contribution is -2.26. The van der Waals surface area contributed by atoms with Crippen LogP contribution in [0.4, 0.5) is 0 Å². The van der Waals surface area contributed by atoms with Gasteiger partial charge in [-0.1, -0.05) is 29.8 Å². The summed E-state index contributed by atoms with van der Waals surface area (Å²) in [6.45, 7) is -0.300. The predicted octanol–water partition coefficient (Wildman–Crippen LogP) is 2.32. The summed E-state index contributed by atoms with van der Waals surface area (Å²) in [5.41, 5.74) is 0.720. The van der Waals surface area contributed by atoms with E-state index >= 15 is 0 Å². The number of halogens is 1. The number of benzene rings is 2. The van der Waals surface area contributed by atoms with E-state index in [4.69, 9.17) is 21.4 Å². The van der Waals surface area contributed by atoms with E-state index in [9.17, 15) is 13.2 Å². The van der Waals surface area contributed by atoms with Gasteiger partial charge in [0.1, 0.15) is 5.75 Å². The monoisotopic (exact) mass is 369 g/mol. The van der Waals surface area contributed by atoms with Crippen molar-refractivity contribution in [1.82, 2.24) is 4.72 Å². The number of carbonyl (C=O) groups is 1. The van der Waals surface area contributed by atoms with Gasteiger partial charge in [-0.25, -0.2) is 17.9 Å². The highest BCUT2D eigenvalue weighted by Gasteiger charge is 2.13. The van der Waals surface area contributed by atoms with Crippen molar-refractivity contribution in [3.63, 3.8) is 0 Å². The Morgan fingerprint density at radius 3 is 2.46 bits per heavy atom. The Hall–Kier alpha value is -2.09. The van der Waals surface area contributed by atoms with Gasteiger partial charge >= 0.3 is 5.97 Å². The summed E-state index contributed by atoms with van der Waals surface area (Å²) >= 11 is 5.74. The van der Waals surface area contributed by atoms with Crippen LogP contribution in [0.3, 0.4) is 0 Å². The zero-order valence-electron chi connectivity index (χ0n) is 12.6. The van der Waals surface area contributed by atoms with Crippen LogP contribution < -0.4 is 9.46 Å². The Balaban J connectivity index is 1.99. The lowest BCUT2D eigenvalue weighted by molar-refractivity contribution is -0.139. The third-order valence-electron chi connectivity index (χ3n) is 3.13. The molecule has 128 valence electrons. The van der Waals surface area contributed by atoms with Crippen molar-refractivity contribution in [3.05, 3.63) is 59.1 Å². The Kier molecular flexibility index (Phi) is 6.19. The van der Waals surface area contributed by atoms with Crippen molar-refractivity contribution in [3.8, 4) is 5.75 Å². The molecule has 0 radical (unpaired) electrons. The van der Waals surface area contributed by atoms with Crippen molar-refractivity contribution in [1.29, 1.82) is 0 Å². The van der Waals surface area contributed by atoms with Gasteiger partial charge in [0.25, 0.3) is 0 Å². The van der Waals surface area contributed by atoms with E-state index in [1.165, 1.54) is 24.3 Å². The lowest BCUT2D eigenvalue weighted by atomic mass is 10.1. The van der Waals surface area contributed by atoms with E-state index < -0.39 is 22.6 Å². The van der Waals surface area contributed by atoms with Gasteiger partial charge in [-0.05, 0) is 42.3 Å². The Bertz CT molecular complexity index is 805. The van der Waals surface area contributed by atoms with Crippen LogP contribution in [0.1, 0.15) is 5.56 Å². The van der Waals surface area contributed by atoms with Gasteiger partial charge in [0, 0.05) is 11.6 Å². The van der Waals surface area contributed by atoms with Crippen molar-refractivity contribution in [2.45, 2.75) is 11.3 Å². The van der Waals surface area contributed by atoms with Crippen molar-refractivity contribution in [2.24, 2.45) is 0 Å². The Labute approximate surface area is 145 Å². The number of rotatable bonds is 8. The lowest BCUT2D eigenvalue weighted by Gasteiger charge is -2.11. The molecule has 0 atom stereocenters. The van der Waals surface area contributed by atoms with Gasteiger partial charge in [-0.15, -0.1) is 0 Å². The van der Waals surface area contributed by atoms with Crippen LogP contribution in [0.25, 0.3) is 0 Å². The summed E-state index contributed by atoms with van der Waals surface area (Å²) in [6.07, 6.45) is 0.364. The molecule has 0 saturated heterocycles. The summed E-state index contributed by atoms with van der Waals surface area (Å²) in [5, 5.41) is 9.12. The number of nitrogens with one attached hydrogen (secondary N) is 1. The summed E-state index contributed by atoms with van der Waals surface area (Å²) < 4.78 is 32.0. The normalized spacial score (nSPS) is 11.2. The molecular formula is C16H16ClNO5S. The molecule has 0 bridgehead atoms. The van der Waals surface area contributed by atoms with Crippen molar-refractivity contribution in [2.75, 3.05) is 13.2 Å². The molecule has 0 heterocycles. The summed E-state index contributed by atoms with van der Waals surface area (Å²) in [5.74, 6) is -0.654. The quantitative estimate of drug-likeness (QED) is 0.745. The van der Waals surface area contributed by atoms with Crippen LogP contribution in [0.5, 0.6) is 5.75 Å². The standard InChI is InChI=1S/C16H16ClNO5S/c17-13-5-7-14(8-6-13)24(21,22)18-10-9-12-3-1-2-4-15(12)23-11-16(19)20/h1-8,18H,9-11H2,(H,19,20). The molecule has 2 aromatic rings. The third-order valence-corrected chi connectivity index (χ3v) is 4.86. The van der Waals surface area contributed by atoms with Crippen LogP contribution in [0.2, 0.25) is 5.02 Å². The second kappa shape index (κ2) is 8.14. The fourth-order valence-corrected chi connectivity index (χ4v) is 3.17. The van der Waals surface area contributed by atoms with Gasteiger partial charge < -0.3 is 9.84 Å². The highest BCUT2D eigenvalue weighted by molar-refractivity contribution is 7.89. The summed E-state index contributed by atoms with van der Waals surface area (Å²) in [7, 11) is -3.63. The second-order valence-electron chi connectivity index (χ2n) is 4.89. The maximum Gasteiger partial charge on any atom is 0.341 e. The van der Waals surface area contributed by atoms with Gasteiger partial charge in [0.05, 0.1) is 4.90 Å². The van der Waals surface area contributed by atoms with Crippen LogP contribution >= 0.6 is 11.6 Å². The summed E-state index contributed by atoms with van der Waals surface area (Å²) in [6, 6.07) is 12.8. The van der Waals surface area contributed by atoms with Gasteiger partial charge in [0.2, 0.25) is 10.0 Å². The minimum atomic E-state index is -3.63. The molecule has 2 rings (SSSR count). The highest BCUT2D eigenvalue weighted by atomic mass is 35.5. The summed E-state index contributed by atoms with van der Waals surface area (Å²) in [4.78, 5) is 10.7. The van der Waals surface area contributed by atoms with Gasteiger partial charge in [-0.2, -0.15) is 0 Å². The second-order valence-corrected chi connectivity index (χ2v) is 7.10. The van der Waals surface area contributed by atoms with E-state index in [0.717, 1.165) is 5.56 Å².